The highest BCUT2D eigenvalue weighted by molar-refractivity contribution is 5.97. The van der Waals surface area contributed by atoms with Crippen molar-refractivity contribution < 1.29 is 14.0 Å². The molecule has 2 N–H and O–H groups in total. The fourth-order valence-corrected chi connectivity index (χ4v) is 4.00. The quantitative estimate of drug-likeness (QED) is 0.505. The van der Waals surface area contributed by atoms with Crippen molar-refractivity contribution in [3.05, 3.63) is 78.2 Å². The zero-order valence-corrected chi connectivity index (χ0v) is 17.8. The molecule has 0 aliphatic carbocycles. The van der Waals surface area contributed by atoms with Crippen LogP contribution in [0.3, 0.4) is 0 Å². The van der Waals surface area contributed by atoms with Gasteiger partial charge in [0, 0.05) is 23.7 Å². The first kappa shape index (κ1) is 20.8. The molecule has 2 aromatic heterocycles. The van der Waals surface area contributed by atoms with Crippen molar-refractivity contribution in [2.24, 2.45) is 0 Å². The van der Waals surface area contributed by atoms with Crippen LogP contribution in [0.4, 0.5) is 4.39 Å². The average molecular weight is 443 g/mol. The number of carbonyl (C=O) groups excluding carboxylic acids is 2. The maximum absolute atomic E-state index is 14.5. The van der Waals surface area contributed by atoms with E-state index in [2.05, 4.69) is 20.7 Å². The third kappa shape index (κ3) is 4.19. The summed E-state index contributed by atoms with van der Waals surface area (Å²) in [5, 5.41) is 10.2. The van der Waals surface area contributed by atoms with Gasteiger partial charge in [-0.3, -0.25) is 9.59 Å². The minimum Gasteiger partial charge on any atom is -0.354 e. The SMILES string of the molecule is O=C(N[C@@H]1CCCCNC1=O)c1cc(-c2ccccc2F)nc2cc(-c3ccccc3)nn12. The molecule has 1 fully saturated rings. The van der Waals surface area contributed by atoms with Gasteiger partial charge >= 0.3 is 0 Å². The summed E-state index contributed by atoms with van der Waals surface area (Å²) in [6.45, 7) is 0.599. The molecular weight excluding hydrogens is 421 g/mol. The van der Waals surface area contributed by atoms with Gasteiger partial charge in [0.2, 0.25) is 5.91 Å². The van der Waals surface area contributed by atoms with E-state index in [4.69, 9.17) is 0 Å². The molecular formula is C25H22FN5O2. The lowest BCUT2D eigenvalue weighted by atomic mass is 10.1. The molecule has 0 unspecified atom stereocenters. The smallest absolute Gasteiger partial charge is 0.270 e. The summed E-state index contributed by atoms with van der Waals surface area (Å²) in [6.07, 6.45) is 2.25. The van der Waals surface area contributed by atoms with E-state index in [0.717, 1.165) is 18.4 Å². The van der Waals surface area contributed by atoms with Gasteiger partial charge in [0.15, 0.2) is 5.65 Å². The summed E-state index contributed by atoms with van der Waals surface area (Å²) >= 11 is 0. The molecule has 2 amide bonds. The zero-order valence-electron chi connectivity index (χ0n) is 17.8. The molecule has 4 aromatic rings. The van der Waals surface area contributed by atoms with Crippen LogP contribution in [-0.2, 0) is 4.79 Å². The Morgan fingerprint density at radius 3 is 2.64 bits per heavy atom. The number of hydrogen-bond donors (Lipinski definition) is 2. The van der Waals surface area contributed by atoms with E-state index in [1.165, 1.54) is 16.6 Å². The Kier molecular flexibility index (Phi) is 5.56. The molecule has 5 rings (SSSR count). The lowest BCUT2D eigenvalue weighted by Gasteiger charge is -2.16. The van der Waals surface area contributed by atoms with Gasteiger partial charge in [-0.2, -0.15) is 5.10 Å². The Bertz CT molecular complexity index is 1340. The van der Waals surface area contributed by atoms with Crippen molar-refractivity contribution in [3.63, 3.8) is 0 Å². The number of carbonyl (C=O) groups is 2. The van der Waals surface area contributed by atoms with Gasteiger partial charge in [0.25, 0.3) is 5.91 Å². The van der Waals surface area contributed by atoms with Gasteiger partial charge in [-0.15, -0.1) is 0 Å². The number of aromatic nitrogens is 3. The fourth-order valence-electron chi connectivity index (χ4n) is 4.00. The van der Waals surface area contributed by atoms with Crippen molar-refractivity contribution in [3.8, 4) is 22.5 Å². The molecule has 1 saturated heterocycles. The van der Waals surface area contributed by atoms with Crippen LogP contribution in [-0.4, -0.2) is 39.0 Å². The largest absolute Gasteiger partial charge is 0.354 e. The van der Waals surface area contributed by atoms with Crippen LogP contribution in [0.25, 0.3) is 28.2 Å². The number of hydrogen-bond acceptors (Lipinski definition) is 4. The minimum atomic E-state index is -0.635. The molecule has 1 aliphatic rings. The first-order valence-corrected chi connectivity index (χ1v) is 10.9. The molecule has 0 saturated carbocycles. The third-order valence-electron chi connectivity index (χ3n) is 5.72. The summed E-state index contributed by atoms with van der Waals surface area (Å²) < 4.78 is 16.0. The normalized spacial score (nSPS) is 16.3. The first-order chi connectivity index (χ1) is 16.1. The second-order valence-electron chi connectivity index (χ2n) is 7.98. The van der Waals surface area contributed by atoms with Crippen molar-refractivity contribution in [2.45, 2.75) is 25.3 Å². The fraction of sp³-hybridized carbons (Fsp3) is 0.200. The van der Waals surface area contributed by atoms with E-state index < -0.39 is 17.8 Å². The number of fused-ring (bicyclic) bond motifs is 1. The molecule has 166 valence electrons. The van der Waals surface area contributed by atoms with E-state index in [1.807, 2.05) is 30.3 Å². The zero-order chi connectivity index (χ0) is 22.8. The van der Waals surface area contributed by atoms with Gasteiger partial charge in [-0.1, -0.05) is 42.5 Å². The molecule has 8 heteroatoms. The molecule has 1 aliphatic heterocycles. The highest BCUT2D eigenvalue weighted by atomic mass is 19.1. The van der Waals surface area contributed by atoms with Crippen molar-refractivity contribution in [1.29, 1.82) is 0 Å². The third-order valence-corrected chi connectivity index (χ3v) is 5.72. The number of benzene rings is 2. The Labute approximate surface area is 189 Å². The van der Waals surface area contributed by atoms with Crippen LogP contribution in [0.15, 0.2) is 66.7 Å². The van der Waals surface area contributed by atoms with Crippen molar-refractivity contribution >= 4 is 17.5 Å². The monoisotopic (exact) mass is 443 g/mol. The minimum absolute atomic E-state index is 0.178. The summed E-state index contributed by atoms with van der Waals surface area (Å²) in [6, 6.07) is 18.4. The molecule has 0 spiro atoms. The summed E-state index contributed by atoms with van der Waals surface area (Å²) in [5.74, 6) is -1.11. The van der Waals surface area contributed by atoms with Gasteiger partial charge in [0.05, 0.1) is 11.4 Å². The van der Waals surface area contributed by atoms with E-state index in [9.17, 15) is 14.0 Å². The second kappa shape index (κ2) is 8.82. The lowest BCUT2D eigenvalue weighted by molar-refractivity contribution is -0.122. The second-order valence-corrected chi connectivity index (χ2v) is 7.98. The van der Waals surface area contributed by atoms with E-state index in [1.54, 1.807) is 24.3 Å². The predicted molar refractivity (Wildman–Crippen MR) is 122 cm³/mol. The number of nitrogens with zero attached hydrogens (tertiary/aromatic N) is 3. The Balaban J connectivity index is 1.61. The number of rotatable bonds is 4. The van der Waals surface area contributed by atoms with Crippen LogP contribution in [0.2, 0.25) is 0 Å². The Morgan fingerprint density at radius 2 is 1.82 bits per heavy atom. The van der Waals surface area contributed by atoms with Crippen LogP contribution in [0.5, 0.6) is 0 Å². The summed E-state index contributed by atoms with van der Waals surface area (Å²) in [7, 11) is 0. The Hall–Kier alpha value is -4.07. The van der Waals surface area contributed by atoms with Crippen molar-refractivity contribution in [1.82, 2.24) is 25.2 Å². The topological polar surface area (TPSA) is 88.4 Å². The van der Waals surface area contributed by atoms with Gasteiger partial charge in [-0.25, -0.2) is 13.9 Å². The number of amides is 2. The first-order valence-electron chi connectivity index (χ1n) is 10.9. The van der Waals surface area contributed by atoms with Crippen LogP contribution < -0.4 is 10.6 Å². The molecule has 0 radical (unpaired) electrons. The highest BCUT2D eigenvalue weighted by Crippen LogP contribution is 2.25. The molecule has 3 heterocycles. The van der Waals surface area contributed by atoms with Crippen LogP contribution in [0.1, 0.15) is 29.8 Å². The molecule has 33 heavy (non-hydrogen) atoms. The number of halogens is 1. The van der Waals surface area contributed by atoms with Gasteiger partial charge < -0.3 is 10.6 Å². The van der Waals surface area contributed by atoms with E-state index >= 15 is 0 Å². The van der Waals surface area contributed by atoms with Gasteiger partial charge in [0.1, 0.15) is 17.6 Å². The lowest BCUT2D eigenvalue weighted by Crippen LogP contribution is -2.45. The maximum Gasteiger partial charge on any atom is 0.270 e. The standard InChI is InChI=1S/C25H22FN5O2/c26-18-11-5-4-10-17(18)21-14-22(25(33)29-19-12-6-7-13-27-24(19)32)31-23(28-21)15-20(30-31)16-8-2-1-3-9-16/h1-5,8-11,14-15,19H,6-7,12-13H2,(H,27,32)(H,29,33)/t19-/m1/s1. The molecule has 0 bridgehead atoms. The van der Waals surface area contributed by atoms with E-state index in [-0.39, 0.29) is 17.2 Å². The molecule has 1 atom stereocenters. The van der Waals surface area contributed by atoms with E-state index in [0.29, 0.717) is 30.0 Å². The summed E-state index contributed by atoms with van der Waals surface area (Å²) in [4.78, 5) is 30.3. The molecule has 2 aromatic carbocycles. The average Bonchev–Trinajstić information content (AvgIpc) is 3.17. The molecule has 7 nitrogen and oxygen atoms in total. The van der Waals surface area contributed by atoms with Gasteiger partial charge in [-0.05, 0) is 37.5 Å². The van der Waals surface area contributed by atoms with Crippen molar-refractivity contribution in [2.75, 3.05) is 6.54 Å². The summed E-state index contributed by atoms with van der Waals surface area (Å²) in [5.41, 5.74) is 2.68. The van der Waals surface area contributed by atoms with Crippen LogP contribution >= 0.6 is 0 Å². The Morgan fingerprint density at radius 1 is 1.03 bits per heavy atom. The predicted octanol–water partition coefficient (Wildman–Crippen LogP) is 3.60. The number of nitrogens with one attached hydrogen (secondary N) is 2. The maximum atomic E-state index is 14.5. The highest BCUT2D eigenvalue weighted by Gasteiger charge is 2.25. The van der Waals surface area contributed by atoms with Crippen LogP contribution in [0, 0.1) is 5.82 Å².